The smallest absolute Gasteiger partial charge is 0.129 e. The molecule has 0 amide bonds. The van der Waals surface area contributed by atoms with Crippen LogP contribution in [0, 0.1) is 0 Å². The highest BCUT2D eigenvalue weighted by Crippen LogP contribution is 2.17. The van der Waals surface area contributed by atoms with Crippen molar-refractivity contribution >= 4 is 17.2 Å². The molecule has 1 heterocycles. The van der Waals surface area contributed by atoms with Crippen LogP contribution in [0.15, 0.2) is 42.7 Å². The standard InChI is InChI=1S/C12H13N3OS/c13-12(17)10-4-1-2-5-11(10)16-9-8-15-7-3-6-14-15/h1-7H,8-9H2,(H2,13,17). The molecule has 0 aliphatic carbocycles. The Morgan fingerprint density at radius 3 is 2.88 bits per heavy atom. The summed E-state index contributed by atoms with van der Waals surface area (Å²) in [5.74, 6) is 0.715. The summed E-state index contributed by atoms with van der Waals surface area (Å²) in [6.45, 7) is 1.22. The Kier molecular flexibility index (Phi) is 3.72. The number of nitrogens with two attached hydrogens (primary N) is 1. The van der Waals surface area contributed by atoms with Gasteiger partial charge in [0.25, 0.3) is 0 Å². The van der Waals surface area contributed by atoms with Crippen LogP contribution < -0.4 is 10.5 Å². The first-order valence-electron chi connectivity index (χ1n) is 5.26. The van der Waals surface area contributed by atoms with Crippen LogP contribution in [0.25, 0.3) is 0 Å². The summed E-state index contributed by atoms with van der Waals surface area (Å²) in [7, 11) is 0. The molecule has 0 bridgehead atoms. The molecule has 2 aromatic rings. The minimum Gasteiger partial charge on any atom is -0.491 e. The van der Waals surface area contributed by atoms with Crippen molar-refractivity contribution in [2.24, 2.45) is 5.73 Å². The van der Waals surface area contributed by atoms with E-state index >= 15 is 0 Å². The molecule has 0 aliphatic rings. The zero-order valence-corrected chi connectivity index (χ0v) is 10.1. The van der Waals surface area contributed by atoms with Gasteiger partial charge in [-0.2, -0.15) is 5.10 Å². The van der Waals surface area contributed by atoms with Crippen molar-refractivity contribution in [2.75, 3.05) is 6.61 Å². The summed E-state index contributed by atoms with van der Waals surface area (Å²) in [6.07, 6.45) is 3.63. The lowest BCUT2D eigenvalue weighted by Gasteiger charge is -2.10. The van der Waals surface area contributed by atoms with Crippen molar-refractivity contribution in [1.29, 1.82) is 0 Å². The largest absolute Gasteiger partial charge is 0.491 e. The first kappa shape index (κ1) is 11.6. The second-order valence-electron chi connectivity index (χ2n) is 3.48. The van der Waals surface area contributed by atoms with E-state index in [9.17, 15) is 0 Å². The number of hydrogen-bond donors (Lipinski definition) is 1. The summed E-state index contributed by atoms with van der Waals surface area (Å²) in [5.41, 5.74) is 6.38. The van der Waals surface area contributed by atoms with Gasteiger partial charge in [0.1, 0.15) is 17.3 Å². The van der Waals surface area contributed by atoms with Crippen LogP contribution in [-0.2, 0) is 6.54 Å². The first-order valence-corrected chi connectivity index (χ1v) is 5.67. The van der Waals surface area contributed by atoms with E-state index in [2.05, 4.69) is 5.10 Å². The van der Waals surface area contributed by atoms with Crippen molar-refractivity contribution in [3.8, 4) is 5.75 Å². The zero-order chi connectivity index (χ0) is 12.1. The maximum absolute atomic E-state index is 5.64. The Balaban J connectivity index is 1.97. The van der Waals surface area contributed by atoms with Crippen LogP contribution >= 0.6 is 12.2 Å². The molecule has 0 spiro atoms. The quantitative estimate of drug-likeness (QED) is 0.815. The second kappa shape index (κ2) is 5.45. The molecule has 0 aliphatic heterocycles. The Hall–Kier alpha value is -1.88. The van der Waals surface area contributed by atoms with E-state index in [1.165, 1.54) is 0 Å². The van der Waals surface area contributed by atoms with Gasteiger partial charge in [0.05, 0.1) is 12.1 Å². The maximum Gasteiger partial charge on any atom is 0.129 e. The van der Waals surface area contributed by atoms with Gasteiger partial charge in [-0.05, 0) is 18.2 Å². The Morgan fingerprint density at radius 1 is 1.35 bits per heavy atom. The molecule has 4 nitrogen and oxygen atoms in total. The van der Waals surface area contributed by atoms with Crippen molar-refractivity contribution in [1.82, 2.24) is 9.78 Å². The van der Waals surface area contributed by atoms with Crippen molar-refractivity contribution < 1.29 is 4.74 Å². The summed E-state index contributed by atoms with van der Waals surface area (Å²) < 4.78 is 7.45. The van der Waals surface area contributed by atoms with E-state index in [0.717, 1.165) is 5.56 Å². The lowest BCUT2D eigenvalue weighted by atomic mass is 10.2. The number of rotatable bonds is 5. The Labute approximate surface area is 105 Å². The van der Waals surface area contributed by atoms with Crippen LogP contribution in [-0.4, -0.2) is 21.4 Å². The monoisotopic (exact) mass is 247 g/mol. The van der Waals surface area contributed by atoms with Gasteiger partial charge in [-0.3, -0.25) is 4.68 Å². The third-order valence-electron chi connectivity index (χ3n) is 2.29. The molecular formula is C12H13N3OS. The molecular weight excluding hydrogens is 234 g/mol. The Morgan fingerprint density at radius 2 is 2.18 bits per heavy atom. The minimum absolute atomic E-state index is 0.347. The topological polar surface area (TPSA) is 53.1 Å². The SMILES string of the molecule is NC(=S)c1ccccc1OCCn1cccn1. The number of nitrogens with zero attached hydrogens (tertiary/aromatic N) is 2. The maximum atomic E-state index is 5.64. The molecule has 1 aromatic carbocycles. The fraction of sp³-hybridized carbons (Fsp3) is 0.167. The molecule has 0 radical (unpaired) electrons. The zero-order valence-electron chi connectivity index (χ0n) is 9.24. The highest BCUT2D eigenvalue weighted by Gasteiger charge is 2.04. The normalized spacial score (nSPS) is 10.1. The van der Waals surface area contributed by atoms with Gasteiger partial charge in [-0.15, -0.1) is 0 Å². The Bertz CT molecular complexity index is 496. The molecule has 0 fully saturated rings. The fourth-order valence-electron chi connectivity index (χ4n) is 1.48. The number of benzene rings is 1. The van der Waals surface area contributed by atoms with Gasteiger partial charge in [0.15, 0.2) is 0 Å². The third kappa shape index (κ3) is 3.04. The van der Waals surface area contributed by atoms with E-state index in [4.69, 9.17) is 22.7 Å². The molecule has 0 saturated heterocycles. The number of para-hydroxylation sites is 1. The van der Waals surface area contributed by atoms with Crippen LogP contribution in [0.5, 0.6) is 5.75 Å². The van der Waals surface area contributed by atoms with Crippen LogP contribution in [0.3, 0.4) is 0 Å². The molecule has 17 heavy (non-hydrogen) atoms. The summed E-state index contributed by atoms with van der Waals surface area (Å²) >= 11 is 4.96. The average Bonchev–Trinajstić information content (AvgIpc) is 2.82. The lowest BCUT2D eigenvalue weighted by Crippen LogP contribution is -2.14. The molecule has 0 unspecified atom stereocenters. The average molecular weight is 247 g/mol. The fourth-order valence-corrected chi connectivity index (χ4v) is 1.65. The van der Waals surface area contributed by atoms with E-state index in [-0.39, 0.29) is 0 Å². The number of ether oxygens (including phenoxy) is 1. The molecule has 88 valence electrons. The van der Waals surface area contributed by atoms with Crippen molar-refractivity contribution in [2.45, 2.75) is 6.54 Å². The van der Waals surface area contributed by atoms with Crippen molar-refractivity contribution in [3.63, 3.8) is 0 Å². The molecule has 0 saturated carbocycles. The molecule has 2 N–H and O–H groups in total. The summed E-state index contributed by atoms with van der Waals surface area (Å²) in [4.78, 5) is 0.347. The number of aromatic nitrogens is 2. The third-order valence-corrected chi connectivity index (χ3v) is 2.51. The van der Waals surface area contributed by atoms with Crippen LogP contribution in [0.2, 0.25) is 0 Å². The van der Waals surface area contributed by atoms with Gasteiger partial charge in [-0.25, -0.2) is 0 Å². The van der Waals surface area contributed by atoms with E-state index in [0.29, 0.717) is 23.9 Å². The predicted octanol–water partition coefficient (Wildman–Crippen LogP) is 1.60. The second-order valence-corrected chi connectivity index (χ2v) is 3.92. The minimum atomic E-state index is 0.347. The van der Waals surface area contributed by atoms with Crippen molar-refractivity contribution in [3.05, 3.63) is 48.3 Å². The van der Waals surface area contributed by atoms with Gasteiger partial charge < -0.3 is 10.5 Å². The van der Waals surface area contributed by atoms with Crippen LogP contribution in [0.4, 0.5) is 0 Å². The number of hydrogen-bond acceptors (Lipinski definition) is 3. The van der Waals surface area contributed by atoms with Gasteiger partial charge in [-0.1, -0.05) is 24.4 Å². The lowest BCUT2D eigenvalue weighted by molar-refractivity contribution is 0.291. The molecule has 2 rings (SSSR count). The highest BCUT2D eigenvalue weighted by molar-refractivity contribution is 7.80. The van der Waals surface area contributed by atoms with Gasteiger partial charge in [0.2, 0.25) is 0 Å². The van der Waals surface area contributed by atoms with E-state index in [1.54, 1.807) is 6.20 Å². The predicted molar refractivity (Wildman–Crippen MR) is 70.1 cm³/mol. The highest BCUT2D eigenvalue weighted by atomic mass is 32.1. The first-order chi connectivity index (χ1) is 8.27. The van der Waals surface area contributed by atoms with E-state index < -0.39 is 0 Å². The van der Waals surface area contributed by atoms with Gasteiger partial charge in [0, 0.05) is 12.4 Å². The van der Waals surface area contributed by atoms with Crippen LogP contribution in [0.1, 0.15) is 5.56 Å². The molecule has 5 heteroatoms. The number of thiocarbonyl (C=S) groups is 1. The summed E-state index contributed by atoms with van der Waals surface area (Å²) in [5, 5.41) is 4.09. The van der Waals surface area contributed by atoms with E-state index in [1.807, 2.05) is 41.2 Å². The van der Waals surface area contributed by atoms with Gasteiger partial charge >= 0.3 is 0 Å². The molecule has 0 atom stereocenters. The summed E-state index contributed by atoms with van der Waals surface area (Å²) in [6, 6.07) is 9.37. The molecule has 1 aromatic heterocycles.